The molecule has 4 N–H and O–H groups in total. The zero-order chi connectivity index (χ0) is 11.7. The molecule has 0 aromatic rings. The van der Waals surface area contributed by atoms with Crippen LogP contribution < -0.4 is 16.6 Å². The summed E-state index contributed by atoms with van der Waals surface area (Å²) in [6.07, 6.45) is 2.12. The van der Waals surface area contributed by atoms with Crippen LogP contribution in [0.1, 0.15) is 20.8 Å². The zero-order valence-corrected chi connectivity index (χ0v) is 11.0. The van der Waals surface area contributed by atoms with Crippen molar-refractivity contribution < 1.29 is 0 Å². The van der Waals surface area contributed by atoms with Crippen molar-refractivity contribution in [2.24, 2.45) is 22.7 Å². The van der Waals surface area contributed by atoms with Gasteiger partial charge in [0, 0.05) is 13.1 Å². The highest BCUT2D eigenvalue weighted by atomic mass is 32.2. The van der Waals surface area contributed by atoms with Gasteiger partial charge in [-0.25, -0.2) is 5.84 Å². The van der Waals surface area contributed by atoms with Gasteiger partial charge in [0.05, 0.1) is 0 Å². The Labute approximate surface area is 97.5 Å². The Kier molecular flexibility index (Phi) is 8.61. The third kappa shape index (κ3) is 8.57. The van der Waals surface area contributed by atoms with Crippen LogP contribution in [0, 0.1) is 11.8 Å². The minimum Gasteiger partial charge on any atom is -0.355 e. The largest absolute Gasteiger partial charge is 0.355 e. The van der Waals surface area contributed by atoms with Gasteiger partial charge in [0.15, 0.2) is 0 Å². The van der Waals surface area contributed by atoms with Gasteiger partial charge < -0.3 is 5.32 Å². The number of nitrogens with one attached hydrogen (secondary N) is 2. The number of nitrogens with zero attached hydrogens (tertiary/aromatic N) is 1. The van der Waals surface area contributed by atoms with E-state index in [2.05, 4.69) is 42.8 Å². The van der Waals surface area contributed by atoms with Crippen LogP contribution in [0.2, 0.25) is 0 Å². The minimum atomic E-state index is 0.554. The lowest BCUT2D eigenvalue weighted by Gasteiger charge is -2.14. The molecule has 0 rings (SSSR count). The van der Waals surface area contributed by atoms with Gasteiger partial charge in [-0.2, -0.15) is 11.8 Å². The first kappa shape index (κ1) is 14.6. The third-order valence-electron chi connectivity index (χ3n) is 1.82. The molecular formula is C10H24N4S. The van der Waals surface area contributed by atoms with Gasteiger partial charge in [0.25, 0.3) is 0 Å². The first-order chi connectivity index (χ1) is 7.10. The molecule has 0 aromatic carbocycles. The Hall–Kier alpha value is -0.420. The smallest absolute Gasteiger partial charge is 0.205 e. The standard InChI is InChI=1S/C10H24N4S/c1-8(2)5-12-10(14-11)13-6-9(3)7-15-4/h8-9H,5-7,11H2,1-4H3,(H2,12,13,14). The van der Waals surface area contributed by atoms with Crippen molar-refractivity contribution in [3.8, 4) is 0 Å². The average molecular weight is 232 g/mol. The number of rotatable bonds is 6. The first-order valence-corrected chi connectivity index (χ1v) is 6.73. The fraction of sp³-hybridized carbons (Fsp3) is 0.900. The summed E-state index contributed by atoms with van der Waals surface area (Å²) in [5, 5.41) is 3.21. The van der Waals surface area contributed by atoms with Crippen molar-refractivity contribution in [1.82, 2.24) is 10.7 Å². The van der Waals surface area contributed by atoms with Crippen molar-refractivity contribution in [3.63, 3.8) is 0 Å². The lowest BCUT2D eigenvalue weighted by atomic mass is 10.2. The van der Waals surface area contributed by atoms with Gasteiger partial charge in [-0.05, 0) is 23.8 Å². The molecule has 0 heterocycles. The molecule has 0 amide bonds. The second-order valence-electron chi connectivity index (χ2n) is 4.17. The monoisotopic (exact) mass is 232 g/mol. The van der Waals surface area contributed by atoms with E-state index in [0.717, 1.165) is 18.8 Å². The second kappa shape index (κ2) is 8.85. The van der Waals surface area contributed by atoms with E-state index in [1.54, 1.807) is 0 Å². The molecule has 0 saturated carbocycles. The van der Waals surface area contributed by atoms with Gasteiger partial charge in [0.2, 0.25) is 5.96 Å². The van der Waals surface area contributed by atoms with E-state index in [1.165, 1.54) is 0 Å². The van der Waals surface area contributed by atoms with Crippen molar-refractivity contribution in [1.29, 1.82) is 0 Å². The second-order valence-corrected chi connectivity index (χ2v) is 5.08. The van der Waals surface area contributed by atoms with Crippen molar-refractivity contribution in [2.75, 3.05) is 25.1 Å². The number of thioether (sulfide) groups is 1. The highest BCUT2D eigenvalue weighted by Crippen LogP contribution is 2.02. The molecular weight excluding hydrogens is 208 g/mol. The third-order valence-corrected chi connectivity index (χ3v) is 2.72. The van der Waals surface area contributed by atoms with Crippen LogP contribution >= 0.6 is 11.8 Å². The zero-order valence-electron chi connectivity index (χ0n) is 10.2. The summed E-state index contributed by atoms with van der Waals surface area (Å²) in [7, 11) is 0. The predicted octanol–water partition coefficient (Wildman–Crippen LogP) is 1.05. The van der Waals surface area contributed by atoms with Gasteiger partial charge in [-0.15, -0.1) is 0 Å². The lowest BCUT2D eigenvalue weighted by molar-refractivity contribution is 0.616. The van der Waals surface area contributed by atoms with E-state index in [9.17, 15) is 0 Å². The molecule has 5 heteroatoms. The molecule has 0 aliphatic rings. The van der Waals surface area contributed by atoms with E-state index in [0.29, 0.717) is 17.8 Å². The fourth-order valence-electron chi connectivity index (χ4n) is 1.04. The number of hydrazine groups is 1. The van der Waals surface area contributed by atoms with Gasteiger partial charge >= 0.3 is 0 Å². The van der Waals surface area contributed by atoms with Crippen molar-refractivity contribution in [2.45, 2.75) is 20.8 Å². The molecule has 0 saturated heterocycles. The van der Waals surface area contributed by atoms with Gasteiger partial charge in [0.1, 0.15) is 0 Å². The maximum atomic E-state index is 5.37. The van der Waals surface area contributed by atoms with Crippen LogP contribution in [-0.2, 0) is 0 Å². The quantitative estimate of drug-likeness (QED) is 0.277. The summed E-state index contributed by atoms with van der Waals surface area (Å²) in [5.74, 6) is 8.39. The molecule has 1 atom stereocenters. The van der Waals surface area contributed by atoms with Crippen molar-refractivity contribution in [3.05, 3.63) is 0 Å². The highest BCUT2D eigenvalue weighted by Gasteiger charge is 2.02. The summed E-state index contributed by atoms with van der Waals surface area (Å²) in [4.78, 5) is 4.34. The van der Waals surface area contributed by atoms with Crippen LogP contribution in [0.25, 0.3) is 0 Å². The van der Waals surface area contributed by atoms with E-state index in [1.807, 2.05) is 11.8 Å². The molecule has 0 aromatic heterocycles. The molecule has 0 aliphatic heterocycles. The SMILES string of the molecule is CSCC(C)CNC(=NCC(C)C)NN. The molecule has 1 unspecified atom stereocenters. The summed E-state index contributed by atoms with van der Waals surface area (Å²) < 4.78 is 0. The predicted molar refractivity (Wildman–Crippen MR) is 70.0 cm³/mol. The van der Waals surface area contributed by atoms with Crippen LogP contribution in [0.15, 0.2) is 4.99 Å². The maximum absolute atomic E-state index is 5.37. The average Bonchev–Trinajstić information content (AvgIpc) is 2.18. The van der Waals surface area contributed by atoms with Crippen LogP contribution in [-0.4, -0.2) is 31.1 Å². The number of guanidine groups is 1. The molecule has 0 spiro atoms. The highest BCUT2D eigenvalue weighted by molar-refractivity contribution is 7.98. The molecule has 0 bridgehead atoms. The lowest BCUT2D eigenvalue weighted by Crippen LogP contribution is -2.43. The maximum Gasteiger partial charge on any atom is 0.205 e. The number of hydrogen-bond acceptors (Lipinski definition) is 3. The molecule has 4 nitrogen and oxygen atoms in total. The topological polar surface area (TPSA) is 62.4 Å². The molecule has 0 aliphatic carbocycles. The first-order valence-electron chi connectivity index (χ1n) is 5.34. The Morgan fingerprint density at radius 2 is 2.07 bits per heavy atom. The Morgan fingerprint density at radius 3 is 2.53 bits per heavy atom. The van der Waals surface area contributed by atoms with Gasteiger partial charge in [-0.1, -0.05) is 20.8 Å². The van der Waals surface area contributed by atoms with E-state index < -0.39 is 0 Å². The Morgan fingerprint density at radius 1 is 1.40 bits per heavy atom. The molecule has 15 heavy (non-hydrogen) atoms. The van der Waals surface area contributed by atoms with E-state index >= 15 is 0 Å². The Bertz CT molecular complexity index is 182. The number of aliphatic imine (C=N–C) groups is 1. The van der Waals surface area contributed by atoms with Crippen molar-refractivity contribution >= 4 is 17.7 Å². The molecule has 0 fully saturated rings. The summed E-state index contributed by atoms with van der Waals surface area (Å²) in [6.45, 7) is 8.17. The number of nitrogens with two attached hydrogens (primary N) is 1. The van der Waals surface area contributed by atoms with E-state index in [-0.39, 0.29) is 0 Å². The van der Waals surface area contributed by atoms with Gasteiger partial charge in [-0.3, -0.25) is 10.4 Å². The van der Waals surface area contributed by atoms with Crippen LogP contribution in [0.3, 0.4) is 0 Å². The fourth-order valence-corrected chi connectivity index (χ4v) is 1.73. The minimum absolute atomic E-state index is 0.554. The van der Waals surface area contributed by atoms with Crippen LogP contribution in [0.5, 0.6) is 0 Å². The summed E-state index contributed by atoms with van der Waals surface area (Å²) >= 11 is 1.86. The normalized spacial score (nSPS) is 14.1. The summed E-state index contributed by atoms with van der Waals surface area (Å²) in [5.41, 5.74) is 2.59. The molecule has 0 radical (unpaired) electrons. The molecule has 90 valence electrons. The summed E-state index contributed by atoms with van der Waals surface area (Å²) in [6, 6.07) is 0. The van der Waals surface area contributed by atoms with Crippen LogP contribution in [0.4, 0.5) is 0 Å². The van der Waals surface area contributed by atoms with E-state index in [4.69, 9.17) is 5.84 Å². The number of hydrogen-bond donors (Lipinski definition) is 3. The Balaban J connectivity index is 3.83.